The SMILES string of the molecule is Cc1ccc2c(c1)[nH]n1cc(C3C=C(O)C=CC3)nc21. The summed E-state index contributed by atoms with van der Waals surface area (Å²) in [6, 6.07) is 6.32. The molecule has 0 fully saturated rings. The molecule has 1 aliphatic carbocycles. The van der Waals surface area contributed by atoms with Crippen molar-refractivity contribution in [1.82, 2.24) is 14.6 Å². The van der Waals surface area contributed by atoms with Gasteiger partial charge in [-0.3, -0.25) is 5.10 Å². The summed E-state index contributed by atoms with van der Waals surface area (Å²) in [4.78, 5) is 4.73. The molecular weight excluding hydrogens is 250 g/mol. The van der Waals surface area contributed by atoms with E-state index in [1.807, 2.05) is 22.9 Å². The van der Waals surface area contributed by atoms with Crippen molar-refractivity contribution in [3.63, 3.8) is 0 Å². The number of H-pyrrole nitrogens is 1. The zero-order chi connectivity index (χ0) is 13.7. The van der Waals surface area contributed by atoms with Gasteiger partial charge < -0.3 is 5.11 Å². The van der Waals surface area contributed by atoms with E-state index in [-0.39, 0.29) is 5.92 Å². The first kappa shape index (κ1) is 11.3. The first-order valence-corrected chi connectivity index (χ1v) is 6.75. The number of hydrogen-bond acceptors (Lipinski definition) is 2. The number of fused-ring (bicyclic) bond motifs is 3. The highest BCUT2D eigenvalue weighted by molar-refractivity contribution is 5.92. The number of aliphatic hydroxyl groups excluding tert-OH is 1. The fourth-order valence-electron chi connectivity index (χ4n) is 2.80. The Kier molecular flexibility index (Phi) is 2.27. The molecule has 2 aromatic heterocycles. The Morgan fingerprint density at radius 2 is 2.30 bits per heavy atom. The smallest absolute Gasteiger partial charge is 0.161 e. The molecule has 20 heavy (non-hydrogen) atoms. The molecule has 1 unspecified atom stereocenters. The largest absolute Gasteiger partial charge is 0.508 e. The summed E-state index contributed by atoms with van der Waals surface area (Å²) in [6.45, 7) is 2.08. The van der Waals surface area contributed by atoms with Crippen molar-refractivity contribution in [2.75, 3.05) is 0 Å². The lowest BCUT2D eigenvalue weighted by molar-refractivity contribution is 0.423. The zero-order valence-electron chi connectivity index (χ0n) is 11.2. The molecule has 4 nitrogen and oxygen atoms in total. The lowest BCUT2D eigenvalue weighted by Crippen LogP contribution is -1.99. The van der Waals surface area contributed by atoms with E-state index >= 15 is 0 Å². The molecular formula is C16H15N3O. The number of nitrogens with one attached hydrogen (secondary N) is 1. The monoisotopic (exact) mass is 265 g/mol. The number of nitrogens with zero attached hydrogens (tertiary/aromatic N) is 2. The third-order valence-corrected chi connectivity index (χ3v) is 3.81. The van der Waals surface area contributed by atoms with Crippen LogP contribution in [0.5, 0.6) is 0 Å². The van der Waals surface area contributed by atoms with Crippen molar-refractivity contribution in [2.45, 2.75) is 19.3 Å². The van der Waals surface area contributed by atoms with Crippen LogP contribution in [0.2, 0.25) is 0 Å². The normalized spacial score (nSPS) is 18.9. The fraction of sp³-hybridized carbons (Fsp3) is 0.188. The van der Waals surface area contributed by atoms with Gasteiger partial charge in [0.1, 0.15) is 5.76 Å². The molecule has 0 bridgehead atoms. The Labute approximate surface area is 116 Å². The Balaban J connectivity index is 1.85. The van der Waals surface area contributed by atoms with Crippen LogP contribution in [0.25, 0.3) is 16.6 Å². The van der Waals surface area contributed by atoms with E-state index in [1.54, 1.807) is 6.08 Å². The van der Waals surface area contributed by atoms with Gasteiger partial charge in [0, 0.05) is 11.3 Å². The van der Waals surface area contributed by atoms with E-state index in [0.29, 0.717) is 5.76 Å². The Morgan fingerprint density at radius 1 is 1.40 bits per heavy atom. The second kappa shape index (κ2) is 4.00. The Bertz CT molecular complexity index is 866. The van der Waals surface area contributed by atoms with E-state index in [9.17, 15) is 5.11 Å². The number of rotatable bonds is 1. The van der Waals surface area contributed by atoms with Crippen LogP contribution in [-0.4, -0.2) is 19.7 Å². The van der Waals surface area contributed by atoms with Gasteiger partial charge in [0.2, 0.25) is 0 Å². The molecule has 0 saturated carbocycles. The van der Waals surface area contributed by atoms with Crippen LogP contribution in [-0.2, 0) is 0 Å². The fourth-order valence-corrected chi connectivity index (χ4v) is 2.80. The molecule has 3 aromatic rings. The predicted octanol–water partition coefficient (Wildman–Crippen LogP) is 3.61. The molecule has 0 spiro atoms. The van der Waals surface area contributed by atoms with Gasteiger partial charge >= 0.3 is 0 Å². The third kappa shape index (κ3) is 1.65. The predicted molar refractivity (Wildman–Crippen MR) is 79.0 cm³/mol. The van der Waals surface area contributed by atoms with Crippen LogP contribution in [0, 0.1) is 6.92 Å². The summed E-state index contributed by atoms with van der Waals surface area (Å²) in [5, 5.41) is 14.1. The van der Waals surface area contributed by atoms with E-state index in [4.69, 9.17) is 4.98 Å². The van der Waals surface area contributed by atoms with Crippen LogP contribution in [0.4, 0.5) is 0 Å². The van der Waals surface area contributed by atoms with Crippen molar-refractivity contribution >= 4 is 16.6 Å². The van der Waals surface area contributed by atoms with Crippen molar-refractivity contribution in [2.24, 2.45) is 0 Å². The molecule has 2 heterocycles. The summed E-state index contributed by atoms with van der Waals surface area (Å²) in [6.07, 6.45) is 8.46. The molecule has 0 radical (unpaired) electrons. The van der Waals surface area contributed by atoms with Gasteiger partial charge in [-0.1, -0.05) is 12.1 Å². The van der Waals surface area contributed by atoms with Crippen molar-refractivity contribution in [1.29, 1.82) is 0 Å². The summed E-state index contributed by atoms with van der Waals surface area (Å²) in [5.74, 6) is 0.465. The standard InChI is InChI=1S/C16H15N3O/c1-10-5-6-13-14(7-10)18-19-9-15(17-16(13)19)11-3-2-4-12(20)8-11/h2,4-9,11,18,20H,3H2,1H3. The number of imidazole rings is 1. The molecule has 100 valence electrons. The first-order valence-electron chi connectivity index (χ1n) is 6.75. The van der Waals surface area contributed by atoms with Crippen LogP contribution in [0.3, 0.4) is 0 Å². The average molecular weight is 265 g/mol. The molecule has 1 atom stereocenters. The quantitative estimate of drug-likeness (QED) is 0.706. The van der Waals surface area contributed by atoms with E-state index in [0.717, 1.165) is 28.7 Å². The lowest BCUT2D eigenvalue weighted by Gasteiger charge is -2.11. The van der Waals surface area contributed by atoms with Gasteiger partial charge in [0.05, 0.1) is 17.4 Å². The summed E-state index contributed by atoms with van der Waals surface area (Å²) in [7, 11) is 0. The molecule has 4 rings (SSSR count). The number of benzene rings is 1. The number of aromatic nitrogens is 3. The molecule has 4 heteroatoms. The van der Waals surface area contributed by atoms with Gasteiger partial charge in [-0.15, -0.1) is 0 Å². The number of aryl methyl sites for hydroxylation is 1. The number of allylic oxidation sites excluding steroid dienone is 3. The maximum Gasteiger partial charge on any atom is 0.161 e. The molecule has 2 N–H and O–H groups in total. The number of aromatic amines is 1. The van der Waals surface area contributed by atoms with Crippen LogP contribution in [0.1, 0.15) is 23.6 Å². The van der Waals surface area contributed by atoms with Crippen molar-refractivity contribution in [3.05, 3.63) is 59.6 Å². The minimum absolute atomic E-state index is 0.147. The Hall–Kier alpha value is -2.49. The number of aliphatic hydroxyl groups is 1. The van der Waals surface area contributed by atoms with Crippen molar-refractivity contribution < 1.29 is 5.11 Å². The highest BCUT2D eigenvalue weighted by atomic mass is 16.3. The second-order valence-electron chi connectivity index (χ2n) is 5.36. The summed E-state index contributed by atoms with van der Waals surface area (Å²) >= 11 is 0. The third-order valence-electron chi connectivity index (χ3n) is 3.81. The molecule has 1 aromatic carbocycles. The van der Waals surface area contributed by atoms with Crippen molar-refractivity contribution in [3.8, 4) is 0 Å². The average Bonchev–Trinajstić information content (AvgIpc) is 2.95. The first-order chi connectivity index (χ1) is 9.70. The minimum atomic E-state index is 0.147. The van der Waals surface area contributed by atoms with Gasteiger partial charge in [-0.25, -0.2) is 9.50 Å². The summed E-state index contributed by atoms with van der Waals surface area (Å²) in [5.41, 5.74) is 4.25. The molecule has 1 aliphatic rings. The highest BCUT2D eigenvalue weighted by Gasteiger charge is 2.17. The molecule has 0 amide bonds. The van der Waals surface area contributed by atoms with E-state index < -0.39 is 0 Å². The van der Waals surface area contributed by atoms with Gasteiger partial charge in [0.25, 0.3) is 0 Å². The zero-order valence-corrected chi connectivity index (χ0v) is 11.2. The van der Waals surface area contributed by atoms with Gasteiger partial charge in [0.15, 0.2) is 5.65 Å². The maximum atomic E-state index is 9.60. The van der Waals surface area contributed by atoms with Crippen LogP contribution < -0.4 is 0 Å². The lowest BCUT2D eigenvalue weighted by atomic mass is 9.97. The molecule has 0 saturated heterocycles. The number of hydrogen-bond donors (Lipinski definition) is 2. The van der Waals surface area contributed by atoms with Crippen LogP contribution in [0.15, 0.2) is 48.4 Å². The van der Waals surface area contributed by atoms with E-state index in [2.05, 4.69) is 30.2 Å². The molecule has 0 aliphatic heterocycles. The Morgan fingerprint density at radius 3 is 3.15 bits per heavy atom. The maximum absolute atomic E-state index is 9.60. The van der Waals surface area contributed by atoms with Gasteiger partial charge in [-0.05, 0) is 43.2 Å². The highest BCUT2D eigenvalue weighted by Crippen LogP contribution is 2.28. The topological polar surface area (TPSA) is 53.3 Å². The second-order valence-corrected chi connectivity index (χ2v) is 5.36. The minimum Gasteiger partial charge on any atom is -0.508 e. The van der Waals surface area contributed by atoms with E-state index in [1.165, 1.54) is 5.56 Å². The summed E-state index contributed by atoms with van der Waals surface area (Å²) < 4.78 is 1.96. The van der Waals surface area contributed by atoms with Gasteiger partial charge in [-0.2, -0.15) is 0 Å². The van der Waals surface area contributed by atoms with Crippen LogP contribution >= 0.6 is 0 Å².